The second kappa shape index (κ2) is 4.32. The van der Waals surface area contributed by atoms with Crippen molar-refractivity contribution in [2.24, 2.45) is 0 Å². The highest BCUT2D eigenvalue weighted by molar-refractivity contribution is 6.26. The third-order valence-electron chi connectivity index (χ3n) is 3.97. The average Bonchev–Trinajstić information content (AvgIpc) is 2.53. The average molecular weight is 271 g/mol. The molecule has 100 valence electrons. The maximum atomic E-state index is 11.6. The molecule has 0 radical (unpaired) electrons. The highest BCUT2D eigenvalue weighted by atomic mass is 16.1. The Kier molecular flexibility index (Phi) is 2.45. The Bertz CT molecular complexity index is 985. The molecule has 0 fully saturated rings. The predicted molar refractivity (Wildman–Crippen MR) is 89.0 cm³/mol. The number of benzene rings is 4. The molecule has 2 nitrogen and oxygen atoms in total. The van der Waals surface area contributed by atoms with Crippen molar-refractivity contribution in [2.75, 3.05) is 5.32 Å². The van der Waals surface area contributed by atoms with Gasteiger partial charge in [0.05, 0.1) is 0 Å². The van der Waals surface area contributed by atoms with E-state index in [9.17, 15) is 4.79 Å². The summed E-state index contributed by atoms with van der Waals surface area (Å²) in [5.41, 5.74) is 0.825. The summed E-state index contributed by atoms with van der Waals surface area (Å²) in [5, 5.41) is 10.0. The maximum absolute atomic E-state index is 11.6. The molecule has 1 N–H and O–H groups in total. The van der Waals surface area contributed by atoms with Crippen molar-refractivity contribution < 1.29 is 4.79 Å². The normalized spacial score (nSPS) is 11.2. The Morgan fingerprint density at radius 3 is 2.19 bits per heavy atom. The number of amides is 1. The lowest BCUT2D eigenvalue weighted by molar-refractivity contribution is -0.111. The topological polar surface area (TPSA) is 29.1 Å². The van der Waals surface area contributed by atoms with Crippen molar-refractivity contribution in [1.29, 1.82) is 0 Å². The first kappa shape index (κ1) is 11.9. The minimum atomic E-state index is -0.190. The first-order valence-corrected chi connectivity index (χ1v) is 6.88. The zero-order chi connectivity index (χ0) is 14.4. The van der Waals surface area contributed by atoms with Gasteiger partial charge in [0.2, 0.25) is 5.91 Å². The van der Waals surface area contributed by atoms with Crippen LogP contribution in [0.3, 0.4) is 0 Å². The SMILES string of the molecule is C=CC(=O)Nc1ccc2ccc3cccc4ccc1c2c34. The van der Waals surface area contributed by atoms with Crippen LogP contribution in [0.2, 0.25) is 0 Å². The van der Waals surface area contributed by atoms with Crippen LogP contribution in [0.25, 0.3) is 32.3 Å². The van der Waals surface area contributed by atoms with E-state index in [0.29, 0.717) is 0 Å². The van der Waals surface area contributed by atoms with Gasteiger partial charge >= 0.3 is 0 Å². The fraction of sp³-hybridized carbons (Fsp3) is 0. The van der Waals surface area contributed by atoms with Crippen LogP contribution in [-0.4, -0.2) is 5.91 Å². The van der Waals surface area contributed by atoms with Crippen molar-refractivity contribution in [2.45, 2.75) is 0 Å². The van der Waals surface area contributed by atoms with Gasteiger partial charge in [-0.15, -0.1) is 0 Å². The van der Waals surface area contributed by atoms with Gasteiger partial charge in [0, 0.05) is 11.1 Å². The van der Waals surface area contributed by atoms with Crippen molar-refractivity contribution in [3.05, 3.63) is 67.3 Å². The smallest absolute Gasteiger partial charge is 0.247 e. The Labute approximate surface area is 122 Å². The van der Waals surface area contributed by atoms with Crippen LogP contribution in [-0.2, 0) is 4.79 Å². The van der Waals surface area contributed by atoms with Crippen molar-refractivity contribution in [3.63, 3.8) is 0 Å². The van der Waals surface area contributed by atoms with Crippen LogP contribution < -0.4 is 5.32 Å². The fourth-order valence-corrected chi connectivity index (χ4v) is 3.03. The van der Waals surface area contributed by atoms with Gasteiger partial charge < -0.3 is 5.32 Å². The standard InChI is InChI=1S/C19H13NO/c1-2-17(21)20-16-11-9-14-7-6-12-4-3-5-13-8-10-15(16)19(14)18(12)13/h2-11H,1H2,(H,20,21). The summed E-state index contributed by atoms with van der Waals surface area (Å²) in [6, 6.07) is 18.8. The molecule has 0 saturated carbocycles. The van der Waals surface area contributed by atoms with E-state index in [2.05, 4.69) is 54.4 Å². The fourth-order valence-electron chi connectivity index (χ4n) is 3.03. The van der Waals surface area contributed by atoms with Gasteiger partial charge in [-0.1, -0.05) is 55.1 Å². The van der Waals surface area contributed by atoms with Crippen LogP contribution in [0.4, 0.5) is 5.69 Å². The number of hydrogen-bond donors (Lipinski definition) is 1. The lowest BCUT2D eigenvalue weighted by Crippen LogP contribution is -2.07. The Hall–Kier alpha value is -2.87. The van der Waals surface area contributed by atoms with Gasteiger partial charge in [-0.3, -0.25) is 4.79 Å². The van der Waals surface area contributed by atoms with Gasteiger partial charge in [-0.2, -0.15) is 0 Å². The monoisotopic (exact) mass is 271 g/mol. The van der Waals surface area contributed by atoms with Crippen LogP contribution >= 0.6 is 0 Å². The van der Waals surface area contributed by atoms with Crippen molar-refractivity contribution >= 4 is 43.9 Å². The van der Waals surface area contributed by atoms with Crippen LogP contribution in [0, 0.1) is 0 Å². The molecule has 0 atom stereocenters. The van der Waals surface area contributed by atoms with Gasteiger partial charge in [-0.25, -0.2) is 0 Å². The number of hydrogen-bond acceptors (Lipinski definition) is 1. The van der Waals surface area contributed by atoms with Crippen LogP contribution in [0.15, 0.2) is 67.3 Å². The van der Waals surface area contributed by atoms with E-state index in [1.807, 2.05) is 12.1 Å². The lowest BCUT2D eigenvalue weighted by Gasteiger charge is -2.13. The molecule has 0 unspecified atom stereocenters. The summed E-state index contributed by atoms with van der Waals surface area (Å²) in [5.74, 6) is -0.190. The largest absolute Gasteiger partial charge is 0.322 e. The Balaban J connectivity index is 2.15. The predicted octanol–water partition coefficient (Wildman–Crippen LogP) is 4.71. The molecule has 1 amide bonds. The first-order valence-electron chi connectivity index (χ1n) is 6.88. The number of carbonyl (C=O) groups is 1. The number of carbonyl (C=O) groups excluding carboxylic acids is 1. The third kappa shape index (κ3) is 1.69. The van der Waals surface area contributed by atoms with Gasteiger partial charge in [0.1, 0.15) is 0 Å². The molecule has 0 bridgehead atoms. The van der Waals surface area contributed by atoms with Gasteiger partial charge in [0.15, 0.2) is 0 Å². The van der Waals surface area contributed by atoms with Crippen LogP contribution in [0.5, 0.6) is 0 Å². The van der Waals surface area contributed by atoms with Crippen LogP contribution in [0.1, 0.15) is 0 Å². The summed E-state index contributed by atoms with van der Waals surface area (Å²) < 4.78 is 0. The zero-order valence-corrected chi connectivity index (χ0v) is 11.4. The molecule has 2 heteroatoms. The minimum absolute atomic E-state index is 0.190. The van der Waals surface area contributed by atoms with E-state index < -0.39 is 0 Å². The second-order valence-corrected chi connectivity index (χ2v) is 5.16. The highest BCUT2D eigenvalue weighted by Crippen LogP contribution is 2.37. The molecular formula is C19H13NO. The highest BCUT2D eigenvalue weighted by Gasteiger charge is 2.11. The number of nitrogens with one attached hydrogen (secondary N) is 1. The van der Waals surface area contributed by atoms with E-state index in [1.165, 1.54) is 33.0 Å². The van der Waals surface area contributed by atoms with E-state index in [-0.39, 0.29) is 5.91 Å². The molecule has 0 saturated heterocycles. The Morgan fingerprint density at radius 1 is 0.857 bits per heavy atom. The molecule has 4 aromatic carbocycles. The molecule has 4 aromatic rings. The first-order chi connectivity index (χ1) is 10.3. The maximum Gasteiger partial charge on any atom is 0.247 e. The lowest BCUT2D eigenvalue weighted by atomic mass is 9.93. The van der Waals surface area contributed by atoms with Gasteiger partial charge in [0.25, 0.3) is 0 Å². The molecule has 0 aliphatic heterocycles. The summed E-state index contributed by atoms with van der Waals surface area (Å²) in [6.45, 7) is 3.51. The van der Waals surface area contributed by atoms with E-state index in [4.69, 9.17) is 0 Å². The molecule has 0 spiro atoms. The molecule has 0 heterocycles. The minimum Gasteiger partial charge on any atom is -0.322 e. The summed E-state index contributed by atoms with van der Waals surface area (Å²) >= 11 is 0. The molecule has 0 aromatic heterocycles. The van der Waals surface area contributed by atoms with Crippen molar-refractivity contribution in [1.82, 2.24) is 0 Å². The Morgan fingerprint density at radius 2 is 1.48 bits per heavy atom. The quantitative estimate of drug-likeness (QED) is 0.415. The second-order valence-electron chi connectivity index (χ2n) is 5.16. The number of rotatable bonds is 2. The molecular weight excluding hydrogens is 258 g/mol. The molecule has 21 heavy (non-hydrogen) atoms. The van der Waals surface area contributed by atoms with E-state index in [1.54, 1.807) is 0 Å². The number of anilines is 1. The van der Waals surface area contributed by atoms with E-state index in [0.717, 1.165) is 11.1 Å². The summed E-state index contributed by atoms with van der Waals surface area (Å²) in [7, 11) is 0. The van der Waals surface area contributed by atoms with Gasteiger partial charge in [-0.05, 0) is 39.1 Å². The summed E-state index contributed by atoms with van der Waals surface area (Å²) in [4.78, 5) is 11.6. The van der Waals surface area contributed by atoms with Crippen molar-refractivity contribution in [3.8, 4) is 0 Å². The molecule has 4 rings (SSSR count). The molecule has 0 aliphatic rings. The van der Waals surface area contributed by atoms with E-state index >= 15 is 0 Å². The molecule has 0 aliphatic carbocycles. The third-order valence-corrected chi connectivity index (χ3v) is 3.97. The zero-order valence-electron chi connectivity index (χ0n) is 11.4. The summed E-state index contributed by atoms with van der Waals surface area (Å²) in [6.07, 6.45) is 1.29.